The predicted octanol–water partition coefficient (Wildman–Crippen LogP) is 1.90. The van der Waals surface area contributed by atoms with Crippen LogP contribution >= 0.6 is 24.0 Å². The molecule has 1 N–H and O–H groups in total. The van der Waals surface area contributed by atoms with Crippen molar-refractivity contribution in [1.82, 2.24) is 19.7 Å². The zero-order valence-electron chi connectivity index (χ0n) is 17.0. The Balaban J connectivity index is 0.00000392. The molecule has 0 radical (unpaired) electrons. The van der Waals surface area contributed by atoms with Gasteiger partial charge in [-0.3, -0.25) is 9.79 Å². The monoisotopic (exact) mass is 505 g/mol. The molecule has 1 aliphatic heterocycles. The van der Waals surface area contributed by atoms with E-state index in [9.17, 15) is 9.59 Å². The second-order valence-corrected chi connectivity index (χ2v) is 6.51. The number of amides is 1. The van der Waals surface area contributed by atoms with Gasteiger partial charge in [0.1, 0.15) is 0 Å². The summed E-state index contributed by atoms with van der Waals surface area (Å²) in [7, 11) is 1.77. The third-order valence-corrected chi connectivity index (χ3v) is 4.68. The number of rotatable bonds is 6. The van der Waals surface area contributed by atoms with Gasteiger partial charge in [-0.15, -0.1) is 24.0 Å². The molecule has 0 spiro atoms. The molecule has 158 valence electrons. The van der Waals surface area contributed by atoms with Crippen LogP contribution in [0.5, 0.6) is 0 Å². The molecule has 28 heavy (non-hydrogen) atoms. The van der Waals surface area contributed by atoms with Gasteiger partial charge in [0.25, 0.3) is 5.56 Å². The fourth-order valence-electron chi connectivity index (χ4n) is 3.15. The van der Waals surface area contributed by atoms with Crippen LogP contribution in [0.2, 0.25) is 0 Å². The summed E-state index contributed by atoms with van der Waals surface area (Å²) >= 11 is 0. The van der Waals surface area contributed by atoms with E-state index in [1.807, 2.05) is 24.5 Å². The Morgan fingerprint density at radius 2 is 1.86 bits per heavy atom. The van der Waals surface area contributed by atoms with E-state index in [4.69, 9.17) is 4.74 Å². The number of carbonyl (C=O) groups is 1. The first kappa shape index (κ1) is 24.3. The van der Waals surface area contributed by atoms with E-state index in [1.165, 1.54) is 0 Å². The number of aliphatic imine (C=N–C) groups is 1. The Bertz CT molecular complexity index is 699. The first-order valence-electron chi connectivity index (χ1n) is 9.60. The molecule has 0 aliphatic carbocycles. The first-order chi connectivity index (χ1) is 13.1. The number of ether oxygens (including phenoxy) is 1. The number of carbonyl (C=O) groups excluding carboxylic acids is 1. The van der Waals surface area contributed by atoms with Crippen LogP contribution < -0.4 is 10.9 Å². The van der Waals surface area contributed by atoms with Crippen molar-refractivity contribution >= 4 is 36.0 Å². The quantitative estimate of drug-likeness (QED) is 0.277. The number of aryl methyl sites for hydroxylation is 1. The van der Waals surface area contributed by atoms with Crippen LogP contribution in [0.3, 0.4) is 0 Å². The summed E-state index contributed by atoms with van der Waals surface area (Å²) in [6.07, 6.45) is 1.63. The van der Waals surface area contributed by atoms with Gasteiger partial charge in [0, 0.05) is 58.1 Å². The van der Waals surface area contributed by atoms with Crippen molar-refractivity contribution in [3.63, 3.8) is 0 Å². The van der Waals surface area contributed by atoms with Crippen molar-refractivity contribution in [3.05, 3.63) is 34.2 Å². The highest BCUT2D eigenvalue weighted by molar-refractivity contribution is 14.0. The van der Waals surface area contributed by atoms with Crippen molar-refractivity contribution in [1.29, 1.82) is 0 Å². The zero-order valence-corrected chi connectivity index (χ0v) is 19.3. The maximum absolute atomic E-state index is 11.9. The molecular formula is C19H32IN5O3. The first-order valence-corrected chi connectivity index (χ1v) is 9.60. The van der Waals surface area contributed by atoms with E-state index in [-0.39, 0.29) is 35.6 Å². The van der Waals surface area contributed by atoms with Crippen molar-refractivity contribution in [2.45, 2.75) is 33.2 Å². The number of unbranched alkanes of at least 4 members (excludes halogenated alkanes) is 1. The molecule has 1 fully saturated rings. The molecule has 0 aromatic carbocycles. The molecule has 9 heteroatoms. The van der Waals surface area contributed by atoms with Crippen molar-refractivity contribution < 1.29 is 9.53 Å². The van der Waals surface area contributed by atoms with Gasteiger partial charge >= 0.3 is 6.09 Å². The summed E-state index contributed by atoms with van der Waals surface area (Å²) in [5, 5.41) is 3.38. The standard InChI is InChI=1S/C19H31N5O3.HI/c1-4-27-19(26)23-14-12-22(13-15-23)18(20-3)21-10-5-6-11-24-16(2)8-7-9-17(24)25;/h7-9H,4-6,10-15H2,1-3H3,(H,20,21);1H. The van der Waals surface area contributed by atoms with Crippen LogP contribution in [0.25, 0.3) is 0 Å². The maximum atomic E-state index is 11.9. The molecule has 0 unspecified atom stereocenters. The van der Waals surface area contributed by atoms with Gasteiger partial charge in [0.05, 0.1) is 6.61 Å². The summed E-state index contributed by atoms with van der Waals surface area (Å²) in [5.74, 6) is 0.853. The molecule has 2 rings (SSSR count). The number of pyridine rings is 1. The minimum absolute atomic E-state index is 0. The lowest BCUT2D eigenvalue weighted by molar-refractivity contribution is 0.0914. The Hall–Kier alpha value is -1.78. The van der Waals surface area contributed by atoms with Crippen LogP contribution in [0, 0.1) is 6.92 Å². The highest BCUT2D eigenvalue weighted by Crippen LogP contribution is 2.05. The molecular weight excluding hydrogens is 473 g/mol. The number of nitrogens with zero attached hydrogens (tertiary/aromatic N) is 4. The number of hydrogen-bond donors (Lipinski definition) is 1. The van der Waals surface area contributed by atoms with E-state index in [2.05, 4.69) is 15.2 Å². The molecule has 1 amide bonds. The maximum Gasteiger partial charge on any atom is 0.409 e. The number of nitrogens with one attached hydrogen (secondary N) is 1. The summed E-state index contributed by atoms with van der Waals surface area (Å²) in [6.45, 7) is 8.43. The molecule has 2 heterocycles. The van der Waals surface area contributed by atoms with Crippen LogP contribution in [-0.2, 0) is 11.3 Å². The molecule has 1 saturated heterocycles. The second kappa shape index (κ2) is 12.6. The highest BCUT2D eigenvalue weighted by Gasteiger charge is 2.23. The molecule has 0 saturated carbocycles. The predicted molar refractivity (Wildman–Crippen MR) is 122 cm³/mol. The molecule has 1 aromatic rings. The van der Waals surface area contributed by atoms with Gasteiger partial charge in [-0.05, 0) is 32.8 Å². The van der Waals surface area contributed by atoms with Crippen molar-refractivity contribution in [2.24, 2.45) is 4.99 Å². The lowest BCUT2D eigenvalue weighted by atomic mass is 10.2. The SMILES string of the molecule is CCOC(=O)N1CCN(C(=NC)NCCCCn2c(C)cccc2=O)CC1.I. The van der Waals surface area contributed by atoms with Crippen molar-refractivity contribution in [2.75, 3.05) is 46.4 Å². The molecule has 0 bridgehead atoms. The highest BCUT2D eigenvalue weighted by atomic mass is 127. The van der Waals surface area contributed by atoms with Gasteiger partial charge in [-0.1, -0.05) is 6.07 Å². The summed E-state index contributed by atoms with van der Waals surface area (Å²) in [5.41, 5.74) is 1.05. The fraction of sp³-hybridized carbons (Fsp3) is 0.632. The molecule has 1 aliphatic rings. The number of hydrogen-bond acceptors (Lipinski definition) is 4. The number of halogens is 1. The van der Waals surface area contributed by atoms with E-state index < -0.39 is 0 Å². The molecule has 0 atom stereocenters. The fourth-order valence-corrected chi connectivity index (χ4v) is 3.15. The summed E-state index contributed by atoms with van der Waals surface area (Å²) < 4.78 is 6.86. The Labute approximate surface area is 184 Å². The Morgan fingerprint density at radius 3 is 2.46 bits per heavy atom. The smallest absolute Gasteiger partial charge is 0.409 e. The zero-order chi connectivity index (χ0) is 19.6. The van der Waals surface area contributed by atoms with E-state index in [0.717, 1.165) is 50.7 Å². The van der Waals surface area contributed by atoms with Crippen molar-refractivity contribution in [3.8, 4) is 0 Å². The van der Waals surface area contributed by atoms with Gasteiger partial charge in [-0.2, -0.15) is 0 Å². The Morgan fingerprint density at radius 1 is 1.18 bits per heavy atom. The third kappa shape index (κ3) is 6.99. The molecule has 8 nitrogen and oxygen atoms in total. The largest absolute Gasteiger partial charge is 0.450 e. The normalized spacial score (nSPS) is 14.5. The summed E-state index contributed by atoms with van der Waals surface area (Å²) in [6, 6.07) is 5.35. The molecule has 1 aromatic heterocycles. The average Bonchev–Trinajstić information content (AvgIpc) is 2.67. The second-order valence-electron chi connectivity index (χ2n) is 6.51. The minimum Gasteiger partial charge on any atom is -0.450 e. The number of aromatic nitrogens is 1. The van der Waals surface area contributed by atoms with Crippen LogP contribution in [0.1, 0.15) is 25.5 Å². The van der Waals surface area contributed by atoms with E-state index >= 15 is 0 Å². The lowest BCUT2D eigenvalue weighted by Gasteiger charge is -2.35. The average molecular weight is 505 g/mol. The van der Waals surface area contributed by atoms with Crippen LogP contribution in [0.4, 0.5) is 4.79 Å². The van der Waals surface area contributed by atoms with Gasteiger partial charge < -0.3 is 24.4 Å². The van der Waals surface area contributed by atoms with Gasteiger partial charge in [0.15, 0.2) is 5.96 Å². The topological polar surface area (TPSA) is 79.2 Å². The Kier molecular flexibility index (Phi) is 10.9. The third-order valence-electron chi connectivity index (χ3n) is 4.68. The van der Waals surface area contributed by atoms with E-state index in [1.54, 1.807) is 24.1 Å². The summed E-state index contributed by atoms with van der Waals surface area (Å²) in [4.78, 5) is 31.9. The van der Waals surface area contributed by atoms with Crippen LogP contribution in [-0.4, -0.2) is 72.8 Å². The number of guanidine groups is 1. The van der Waals surface area contributed by atoms with E-state index in [0.29, 0.717) is 19.7 Å². The van der Waals surface area contributed by atoms with Gasteiger partial charge in [-0.25, -0.2) is 4.79 Å². The number of piperazine rings is 1. The van der Waals surface area contributed by atoms with Gasteiger partial charge in [0.2, 0.25) is 0 Å². The lowest BCUT2D eigenvalue weighted by Crippen LogP contribution is -2.54. The van der Waals surface area contributed by atoms with Crippen LogP contribution in [0.15, 0.2) is 28.0 Å². The minimum atomic E-state index is -0.244.